The molecule has 2 atom stereocenters. The zero-order chi connectivity index (χ0) is 20.1. The van der Waals surface area contributed by atoms with Gasteiger partial charge in [0.1, 0.15) is 17.3 Å². The number of methoxy groups -OCH3 is 2. The van der Waals surface area contributed by atoms with Crippen LogP contribution >= 0.6 is 0 Å². The van der Waals surface area contributed by atoms with Gasteiger partial charge >= 0.3 is 0 Å². The van der Waals surface area contributed by atoms with Crippen molar-refractivity contribution in [1.82, 2.24) is 10.2 Å². The van der Waals surface area contributed by atoms with Crippen LogP contribution in [-0.4, -0.2) is 38.1 Å². The maximum atomic E-state index is 13.1. The molecule has 5 nitrogen and oxygen atoms in total. The van der Waals surface area contributed by atoms with E-state index in [1.807, 2.05) is 25.1 Å². The number of halogens is 1. The minimum Gasteiger partial charge on any atom is -0.497 e. The van der Waals surface area contributed by atoms with Crippen molar-refractivity contribution in [2.24, 2.45) is 0 Å². The Balaban J connectivity index is 1.66. The Bertz CT molecular complexity index is 810. The summed E-state index contributed by atoms with van der Waals surface area (Å²) in [6.45, 7) is 3.07. The van der Waals surface area contributed by atoms with Crippen molar-refractivity contribution in [2.75, 3.05) is 27.3 Å². The zero-order valence-electron chi connectivity index (χ0n) is 16.6. The fourth-order valence-electron chi connectivity index (χ4n) is 3.77. The number of nitrogens with zero attached hydrogens (tertiary/aromatic N) is 1. The second-order valence-corrected chi connectivity index (χ2v) is 7.08. The van der Waals surface area contributed by atoms with Crippen LogP contribution in [0, 0.1) is 5.82 Å². The minimum atomic E-state index is -0.282. The van der Waals surface area contributed by atoms with E-state index < -0.39 is 0 Å². The van der Waals surface area contributed by atoms with Crippen LogP contribution in [0.5, 0.6) is 11.5 Å². The minimum absolute atomic E-state index is 0.0452. The number of amides is 1. The molecule has 1 aliphatic heterocycles. The largest absolute Gasteiger partial charge is 0.497 e. The number of hydrogen-bond acceptors (Lipinski definition) is 4. The lowest BCUT2D eigenvalue weighted by Gasteiger charge is -2.26. The van der Waals surface area contributed by atoms with E-state index >= 15 is 0 Å². The van der Waals surface area contributed by atoms with E-state index in [4.69, 9.17) is 9.47 Å². The van der Waals surface area contributed by atoms with E-state index in [-0.39, 0.29) is 23.8 Å². The number of hydrogen-bond donors (Lipinski definition) is 1. The molecule has 0 saturated carbocycles. The smallest absolute Gasteiger partial charge is 0.234 e. The van der Waals surface area contributed by atoms with Gasteiger partial charge in [-0.15, -0.1) is 0 Å². The van der Waals surface area contributed by atoms with E-state index in [0.717, 1.165) is 42.0 Å². The third kappa shape index (κ3) is 4.62. The molecule has 1 N–H and O–H groups in total. The molecule has 0 radical (unpaired) electrons. The van der Waals surface area contributed by atoms with Gasteiger partial charge in [0.05, 0.1) is 26.8 Å². The van der Waals surface area contributed by atoms with Crippen LogP contribution in [0.1, 0.15) is 43.0 Å². The predicted octanol–water partition coefficient (Wildman–Crippen LogP) is 3.86. The first kappa shape index (κ1) is 20.1. The molecule has 0 spiro atoms. The van der Waals surface area contributed by atoms with Crippen LogP contribution in [0.4, 0.5) is 4.39 Å². The summed E-state index contributed by atoms with van der Waals surface area (Å²) in [6, 6.07) is 12.0. The highest BCUT2D eigenvalue weighted by Crippen LogP contribution is 2.38. The van der Waals surface area contributed by atoms with Crippen molar-refractivity contribution >= 4 is 5.91 Å². The average molecular weight is 386 g/mol. The van der Waals surface area contributed by atoms with Gasteiger partial charge in [-0.2, -0.15) is 0 Å². The first-order chi connectivity index (χ1) is 13.5. The highest BCUT2D eigenvalue weighted by molar-refractivity contribution is 5.78. The van der Waals surface area contributed by atoms with Gasteiger partial charge in [-0.3, -0.25) is 9.69 Å². The summed E-state index contributed by atoms with van der Waals surface area (Å²) in [5, 5.41) is 3.01. The van der Waals surface area contributed by atoms with E-state index in [1.165, 1.54) is 12.1 Å². The van der Waals surface area contributed by atoms with Gasteiger partial charge in [0, 0.05) is 17.7 Å². The highest BCUT2D eigenvalue weighted by atomic mass is 19.1. The van der Waals surface area contributed by atoms with Gasteiger partial charge in [-0.05, 0) is 50.1 Å². The Morgan fingerprint density at radius 1 is 1.21 bits per heavy atom. The Kier molecular flexibility index (Phi) is 6.52. The van der Waals surface area contributed by atoms with Crippen molar-refractivity contribution < 1.29 is 18.7 Å². The van der Waals surface area contributed by atoms with Crippen LogP contribution < -0.4 is 14.8 Å². The molecule has 1 aliphatic rings. The number of benzene rings is 2. The second kappa shape index (κ2) is 9.06. The van der Waals surface area contributed by atoms with Gasteiger partial charge in [0.2, 0.25) is 5.91 Å². The van der Waals surface area contributed by atoms with E-state index in [0.29, 0.717) is 6.54 Å². The average Bonchev–Trinajstić information content (AvgIpc) is 3.15. The Hall–Kier alpha value is -2.60. The molecule has 1 saturated heterocycles. The third-order valence-corrected chi connectivity index (χ3v) is 5.26. The molecule has 0 aliphatic carbocycles. The molecule has 1 fully saturated rings. The lowest BCUT2D eigenvalue weighted by Crippen LogP contribution is -2.38. The Labute approximate surface area is 165 Å². The maximum absolute atomic E-state index is 13.1. The van der Waals surface area contributed by atoms with Crippen molar-refractivity contribution in [1.29, 1.82) is 0 Å². The van der Waals surface area contributed by atoms with E-state index in [9.17, 15) is 9.18 Å². The normalized spacial score (nSPS) is 17.9. The summed E-state index contributed by atoms with van der Waals surface area (Å²) in [5.74, 6) is 1.19. The monoisotopic (exact) mass is 386 g/mol. The molecule has 1 heterocycles. The third-order valence-electron chi connectivity index (χ3n) is 5.26. The summed E-state index contributed by atoms with van der Waals surface area (Å²) in [4.78, 5) is 14.8. The van der Waals surface area contributed by atoms with Gasteiger partial charge in [-0.25, -0.2) is 4.39 Å². The quantitative estimate of drug-likeness (QED) is 0.785. The molecule has 0 aromatic heterocycles. The molecule has 6 heteroatoms. The lowest BCUT2D eigenvalue weighted by molar-refractivity contribution is -0.123. The van der Waals surface area contributed by atoms with Gasteiger partial charge in [-0.1, -0.05) is 18.2 Å². The number of ether oxygens (including phenoxy) is 2. The summed E-state index contributed by atoms with van der Waals surface area (Å²) >= 11 is 0. The standard InChI is InChI=1S/C22H27FN2O3/c1-15(16-6-8-17(23)9-7-16)24-22(26)14-25-12-4-5-20(25)19-11-10-18(27-2)13-21(19)28-3/h6-11,13,15,20H,4-5,12,14H2,1-3H3,(H,24,26)/t15-,20-/m0/s1. The van der Waals surface area contributed by atoms with Crippen LogP contribution in [0.15, 0.2) is 42.5 Å². The van der Waals surface area contributed by atoms with Gasteiger partial charge in [0.25, 0.3) is 0 Å². The van der Waals surface area contributed by atoms with Crippen LogP contribution in [0.25, 0.3) is 0 Å². The van der Waals surface area contributed by atoms with E-state index in [1.54, 1.807) is 26.4 Å². The maximum Gasteiger partial charge on any atom is 0.234 e. The van der Waals surface area contributed by atoms with Crippen molar-refractivity contribution in [3.8, 4) is 11.5 Å². The molecule has 1 amide bonds. The number of likely N-dealkylation sites (tertiary alicyclic amines) is 1. The molecule has 150 valence electrons. The number of carbonyl (C=O) groups is 1. The summed E-state index contributed by atoms with van der Waals surface area (Å²) in [5.41, 5.74) is 1.95. The van der Waals surface area contributed by atoms with Gasteiger partial charge < -0.3 is 14.8 Å². The topological polar surface area (TPSA) is 50.8 Å². The first-order valence-electron chi connectivity index (χ1n) is 9.52. The molecule has 0 unspecified atom stereocenters. The van der Waals surface area contributed by atoms with Gasteiger partial charge in [0.15, 0.2) is 0 Å². The SMILES string of the molecule is COc1ccc([C@@H]2CCCN2CC(=O)N[C@@H](C)c2ccc(F)cc2)c(OC)c1. The van der Waals surface area contributed by atoms with Crippen LogP contribution in [0.3, 0.4) is 0 Å². The molecule has 3 rings (SSSR count). The fraction of sp³-hybridized carbons (Fsp3) is 0.409. The number of nitrogens with one attached hydrogen (secondary N) is 1. The second-order valence-electron chi connectivity index (χ2n) is 7.08. The van der Waals surface area contributed by atoms with Crippen molar-refractivity contribution in [3.05, 3.63) is 59.4 Å². The van der Waals surface area contributed by atoms with E-state index in [2.05, 4.69) is 10.2 Å². The van der Waals surface area contributed by atoms with Crippen molar-refractivity contribution in [2.45, 2.75) is 31.8 Å². The highest BCUT2D eigenvalue weighted by Gasteiger charge is 2.30. The lowest BCUT2D eigenvalue weighted by atomic mass is 10.0. The summed E-state index contributed by atoms with van der Waals surface area (Å²) in [7, 11) is 3.28. The molecule has 0 bridgehead atoms. The zero-order valence-corrected chi connectivity index (χ0v) is 16.6. The van der Waals surface area contributed by atoms with Crippen LogP contribution in [-0.2, 0) is 4.79 Å². The molecular weight excluding hydrogens is 359 g/mol. The molecule has 28 heavy (non-hydrogen) atoms. The number of carbonyl (C=O) groups excluding carboxylic acids is 1. The summed E-state index contributed by atoms with van der Waals surface area (Å²) < 4.78 is 23.9. The Morgan fingerprint density at radius 3 is 2.64 bits per heavy atom. The molecule has 2 aromatic carbocycles. The first-order valence-corrected chi connectivity index (χ1v) is 9.52. The molecular formula is C22H27FN2O3. The number of rotatable bonds is 7. The Morgan fingerprint density at radius 2 is 1.96 bits per heavy atom. The fourth-order valence-corrected chi connectivity index (χ4v) is 3.77. The van der Waals surface area contributed by atoms with Crippen LogP contribution in [0.2, 0.25) is 0 Å². The molecule has 2 aromatic rings. The summed E-state index contributed by atoms with van der Waals surface area (Å²) in [6.07, 6.45) is 2.00. The van der Waals surface area contributed by atoms with Crippen molar-refractivity contribution in [3.63, 3.8) is 0 Å². The predicted molar refractivity (Wildman–Crippen MR) is 106 cm³/mol.